The molecule has 0 bridgehead atoms. The minimum Gasteiger partial charge on any atom is -0.383 e. The van der Waals surface area contributed by atoms with Crippen LogP contribution in [-0.4, -0.2) is 32.2 Å². The van der Waals surface area contributed by atoms with Crippen molar-refractivity contribution in [3.63, 3.8) is 0 Å². The number of hydrogen-bond donors (Lipinski definition) is 2. The van der Waals surface area contributed by atoms with E-state index in [1.165, 1.54) is 0 Å². The first-order valence-electron chi connectivity index (χ1n) is 6.28. The van der Waals surface area contributed by atoms with Crippen molar-refractivity contribution in [1.82, 2.24) is 5.32 Å². The Morgan fingerprint density at radius 2 is 2.00 bits per heavy atom. The van der Waals surface area contributed by atoms with Gasteiger partial charge in [-0.25, -0.2) is 0 Å². The Morgan fingerprint density at radius 1 is 1.41 bits per heavy atom. The third-order valence-corrected chi connectivity index (χ3v) is 3.19. The van der Waals surface area contributed by atoms with Gasteiger partial charge in [0.05, 0.1) is 6.61 Å². The van der Waals surface area contributed by atoms with Crippen LogP contribution in [0.3, 0.4) is 0 Å². The monoisotopic (exact) mass is 244 g/mol. The van der Waals surface area contributed by atoms with Crippen LogP contribution in [0.2, 0.25) is 0 Å². The molecular formula is C13H28N2O2. The molecule has 0 rings (SSSR count). The highest BCUT2D eigenvalue weighted by Gasteiger charge is 2.22. The van der Waals surface area contributed by atoms with Crippen molar-refractivity contribution in [3.8, 4) is 0 Å². The highest BCUT2D eigenvalue weighted by molar-refractivity contribution is 5.76. The average molecular weight is 244 g/mol. The Balaban J connectivity index is 3.74. The van der Waals surface area contributed by atoms with Gasteiger partial charge in [-0.15, -0.1) is 0 Å². The van der Waals surface area contributed by atoms with Crippen molar-refractivity contribution in [2.75, 3.05) is 20.3 Å². The molecule has 0 aromatic rings. The van der Waals surface area contributed by atoms with Gasteiger partial charge >= 0.3 is 0 Å². The molecule has 2 atom stereocenters. The van der Waals surface area contributed by atoms with Crippen LogP contribution in [0.25, 0.3) is 0 Å². The molecule has 0 fully saturated rings. The number of hydrogen-bond acceptors (Lipinski definition) is 3. The van der Waals surface area contributed by atoms with Gasteiger partial charge < -0.3 is 15.8 Å². The van der Waals surface area contributed by atoms with Crippen LogP contribution in [0, 0.1) is 11.3 Å². The van der Waals surface area contributed by atoms with E-state index in [-0.39, 0.29) is 17.4 Å². The largest absolute Gasteiger partial charge is 0.383 e. The van der Waals surface area contributed by atoms with Crippen LogP contribution in [0.5, 0.6) is 0 Å². The Kier molecular flexibility index (Phi) is 7.39. The fourth-order valence-electron chi connectivity index (χ4n) is 1.35. The second kappa shape index (κ2) is 7.67. The van der Waals surface area contributed by atoms with Gasteiger partial charge in [0, 0.05) is 26.1 Å². The van der Waals surface area contributed by atoms with Gasteiger partial charge in [0.1, 0.15) is 0 Å². The molecule has 0 aromatic carbocycles. The van der Waals surface area contributed by atoms with E-state index in [2.05, 4.69) is 33.0 Å². The lowest BCUT2D eigenvalue weighted by atomic mass is 9.80. The third kappa shape index (κ3) is 8.16. The number of carbonyl (C=O) groups excluding carboxylic acids is 1. The van der Waals surface area contributed by atoms with Crippen molar-refractivity contribution in [1.29, 1.82) is 0 Å². The van der Waals surface area contributed by atoms with Crippen molar-refractivity contribution < 1.29 is 9.53 Å². The molecule has 4 nitrogen and oxygen atoms in total. The molecule has 0 spiro atoms. The lowest BCUT2D eigenvalue weighted by molar-refractivity contribution is -0.122. The Morgan fingerprint density at radius 3 is 2.47 bits per heavy atom. The van der Waals surface area contributed by atoms with Crippen LogP contribution >= 0.6 is 0 Å². The van der Waals surface area contributed by atoms with Crippen LogP contribution in [0.4, 0.5) is 0 Å². The van der Waals surface area contributed by atoms with Crippen molar-refractivity contribution in [2.45, 2.75) is 46.6 Å². The first-order chi connectivity index (χ1) is 7.77. The van der Waals surface area contributed by atoms with Crippen LogP contribution in [0.1, 0.15) is 40.5 Å². The number of nitrogens with one attached hydrogen (secondary N) is 1. The van der Waals surface area contributed by atoms with Crippen LogP contribution < -0.4 is 11.1 Å². The quantitative estimate of drug-likeness (QED) is 0.714. The maximum Gasteiger partial charge on any atom is 0.220 e. The molecule has 0 heterocycles. The lowest BCUT2D eigenvalue weighted by Gasteiger charge is -2.26. The molecule has 0 aliphatic heterocycles. The van der Waals surface area contributed by atoms with E-state index in [4.69, 9.17) is 10.5 Å². The first kappa shape index (κ1) is 16.4. The second-order valence-corrected chi connectivity index (χ2v) is 5.83. The van der Waals surface area contributed by atoms with E-state index in [9.17, 15) is 4.79 Å². The number of nitrogens with two attached hydrogens (primary N) is 1. The summed E-state index contributed by atoms with van der Waals surface area (Å²) in [7, 11) is 1.63. The zero-order chi connectivity index (χ0) is 13.5. The number of amides is 1. The molecule has 0 saturated heterocycles. The predicted molar refractivity (Wildman–Crippen MR) is 70.7 cm³/mol. The number of ether oxygens (including phenoxy) is 1. The summed E-state index contributed by atoms with van der Waals surface area (Å²) < 4.78 is 4.93. The van der Waals surface area contributed by atoms with Gasteiger partial charge in [0.2, 0.25) is 5.91 Å². The molecule has 0 aliphatic carbocycles. The maximum absolute atomic E-state index is 11.7. The molecule has 0 aromatic heterocycles. The van der Waals surface area contributed by atoms with Crippen LogP contribution in [-0.2, 0) is 9.53 Å². The Hall–Kier alpha value is -0.610. The van der Waals surface area contributed by atoms with Crippen molar-refractivity contribution in [3.05, 3.63) is 0 Å². The molecule has 0 radical (unpaired) electrons. The predicted octanol–water partition coefficient (Wildman–Crippen LogP) is 1.54. The fraction of sp³-hybridized carbons (Fsp3) is 0.923. The summed E-state index contributed by atoms with van der Waals surface area (Å²) in [5.41, 5.74) is 5.94. The molecular weight excluding hydrogens is 216 g/mol. The second-order valence-electron chi connectivity index (χ2n) is 5.83. The van der Waals surface area contributed by atoms with Gasteiger partial charge in [-0.1, -0.05) is 27.7 Å². The fourth-order valence-corrected chi connectivity index (χ4v) is 1.35. The van der Waals surface area contributed by atoms with Crippen molar-refractivity contribution in [2.24, 2.45) is 17.1 Å². The summed E-state index contributed by atoms with van der Waals surface area (Å²) in [6, 6.07) is 0.000314. The van der Waals surface area contributed by atoms with Crippen molar-refractivity contribution >= 4 is 5.91 Å². The highest BCUT2D eigenvalue weighted by atomic mass is 16.5. The zero-order valence-corrected chi connectivity index (χ0v) is 11.9. The number of rotatable bonds is 7. The normalized spacial score (nSPS) is 15.4. The molecule has 0 aliphatic rings. The summed E-state index contributed by atoms with van der Waals surface area (Å²) in [4.78, 5) is 11.7. The summed E-state index contributed by atoms with van der Waals surface area (Å²) in [6.45, 7) is 9.73. The summed E-state index contributed by atoms with van der Waals surface area (Å²) in [5.74, 6) is 0.479. The number of methoxy groups -OCH3 is 1. The molecule has 17 heavy (non-hydrogen) atoms. The standard InChI is InChI=1S/C13H28N2O2/c1-10(13(2,3)4)8-12(16)15-7-6-11(14)9-17-5/h10-11H,6-9,14H2,1-5H3,(H,15,16). The summed E-state index contributed by atoms with van der Waals surface area (Å²) in [5, 5.41) is 2.90. The van der Waals surface area contributed by atoms with E-state index < -0.39 is 0 Å². The van der Waals surface area contributed by atoms with E-state index in [1.807, 2.05) is 0 Å². The molecule has 2 unspecified atom stereocenters. The maximum atomic E-state index is 11.7. The molecule has 102 valence electrons. The molecule has 1 amide bonds. The van der Waals surface area contributed by atoms with Gasteiger partial charge in [0.25, 0.3) is 0 Å². The average Bonchev–Trinajstić information content (AvgIpc) is 2.16. The lowest BCUT2D eigenvalue weighted by Crippen LogP contribution is -2.34. The van der Waals surface area contributed by atoms with Gasteiger partial charge in [0.15, 0.2) is 0 Å². The Labute approximate surface area is 105 Å². The minimum absolute atomic E-state index is 0.000314. The van der Waals surface area contributed by atoms with E-state index in [0.29, 0.717) is 25.5 Å². The highest BCUT2D eigenvalue weighted by Crippen LogP contribution is 2.27. The van der Waals surface area contributed by atoms with Crippen LogP contribution in [0.15, 0.2) is 0 Å². The molecule has 3 N–H and O–H groups in total. The molecule has 0 saturated carbocycles. The van der Waals surface area contributed by atoms with Gasteiger partial charge in [-0.3, -0.25) is 4.79 Å². The van der Waals surface area contributed by atoms with Gasteiger partial charge in [-0.05, 0) is 17.8 Å². The SMILES string of the molecule is COCC(N)CCNC(=O)CC(C)C(C)(C)C. The van der Waals surface area contributed by atoms with Gasteiger partial charge in [-0.2, -0.15) is 0 Å². The summed E-state index contributed by atoms with van der Waals surface area (Å²) in [6.07, 6.45) is 1.33. The smallest absolute Gasteiger partial charge is 0.220 e. The first-order valence-corrected chi connectivity index (χ1v) is 6.28. The van der Waals surface area contributed by atoms with E-state index >= 15 is 0 Å². The zero-order valence-electron chi connectivity index (χ0n) is 11.9. The summed E-state index contributed by atoms with van der Waals surface area (Å²) >= 11 is 0. The molecule has 4 heteroatoms. The Bertz CT molecular complexity index is 224. The minimum atomic E-state index is 0.000314. The third-order valence-electron chi connectivity index (χ3n) is 3.19. The van der Waals surface area contributed by atoms with E-state index in [0.717, 1.165) is 6.42 Å². The van der Waals surface area contributed by atoms with E-state index in [1.54, 1.807) is 7.11 Å². The number of carbonyl (C=O) groups is 1. The topological polar surface area (TPSA) is 64.3 Å².